The highest BCUT2D eigenvalue weighted by Crippen LogP contribution is 2.17. The average molecular weight is 325 g/mol. The van der Waals surface area contributed by atoms with Crippen molar-refractivity contribution in [3.63, 3.8) is 0 Å². The van der Waals surface area contributed by atoms with Crippen molar-refractivity contribution in [3.05, 3.63) is 52.7 Å². The van der Waals surface area contributed by atoms with Crippen LogP contribution in [0.5, 0.6) is 0 Å². The van der Waals surface area contributed by atoms with E-state index in [1.807, 2.05) is 44.2 Å². The van der Waals surface area contributed by atoms with Gasteiger partial charge in [0.1, 0.15) is 12.4 Å². The van der Waals surface area contributed by atoms with Crippen LogP contribution in [0, 0.1) is 6.92 Å². The number of hydrogen-bond donors (Lipinski definition) is 1. The monoisotopic (exact) mass is 325 g/mol. The van der Waals surface area contributed by atoms with Crippen LogP contribution in [0.3, 0.4) is 0 Å². The summed E-state index contributed by atoms with van der Waals surface area (Å²) in [7, 11) is 0. The van der Waals surface area contributed by atoms with Crippen molar-refractivity contribution < 1.29 is 4.79 Å². The van der Waals surface area contributed by atoms with Gasteiger partial charge in [-0.1, -0.05) is 30.3 Å². The average Bonchev–Trinajstić information content (AvgIpc) is 2.83. The van der Waals surface area contributed by atoms with Crippen LogP contribution in [-0.4, -0.2) is 31.1 Å². The van der Waals surface area contributed by atoms with E-state index in [9.17, 15) is 9.59 Å². The summed E-state index contributed by atoms with van der Waals surface area (Å²) in [4.78, 5) is 28.8. The quantitative estimate of drug-likeness (QED) is 0.786. The lowest BCUT2D eigenvalue weighted by Crippen LogP contribution is -2.36. The summed E-state index contributed by atoms with van der Waals surface area (Å²) in [6, 6.07) is 11.4. The molecule has 1 N–H and O–H groups in total. The van der Waals surface area contributed by atoms with Gasteiger partial charge in [0.15, 0.2) is 5.65 Å². The Balaban J connectivity index is 2.03. The normalized spacial score (nSPS) is 11.2. The van der Waals surface area contributed by atoms with Crippen LogP contribution in [0.25, 0.3) is 16.9 Å². The molecule has 124 valence electrons. The SMILES string of the molecule is Cc1nc(-c2ccccc2)cc2nn(CC(=O)NC(C)C)c(=O)n12. The van der Waals surface area contributed by atoms with Crippen molar-refractivity contribution >= 4 is 11.6 Å². The van der Waals surface area contributed by atoms with Gasteiger partial charge >= 0.3 is 5.69 Å². The van der Waals surface area contributed by atoms with E-state index in [2.05, 4.69) is 15.4 Å². The van der Waals surface area contributed by atoms with Crippen molar-refractivity contribution in [2.24, 2.45) is 0 Å². The van der Waals surface area contributed by atoms with E-state index in [0.717, 1.165) is 15.9 Å². The third-order valence-electron chi connectivity index (χ3n) is 3.55. The lowest BCUT2D eigenvalue weighted by atomic mass is 10.1. The molecule has 3 aromatic rings. The zero-order valence-corrected chi connectivity index (χ0v) is 13.9. The van der Waals surface area contributed by atoms with Gasteiger partial charge in [-0.3, -0.25) is 4.79 Å². The summed E-state index contributed by atoms with van der Waals surface area (Å²) in [6.07, 6.45) is 0. The number of benzene rings is 1. The molecule has 2 heterocycles. The number of amides is 1. The summed E-state index contributed by atoms with van der Waals surface area (Å²) in [5.74, 6) is 0.288. The Morgan fingerprint density at radius 3 is 2.62 bits per heavy atom. The van der Waals surface area contributed by atoms with Gasteiger partial charge in [-0.15, -0.1) is 5.10 Å². The number of nitrogens with one attached hydrogen (secondary N) is 1. The third kappa shape index (κ3) is 3.05. The molecular formula is C17H19N5O2. The highest BCUT2D eigenvalue weighted by Gasteiger charge is 2.14. The lowest BCUT2D eigenvalue weighted by molar-refractivity contribution is -0.122. The van der Waals surface area contributed by atoms with E-state index in [-0.39, 0.29) is 24.2 Å². The minimum Gasteiger partial charge on any atom is -0.352 e. The maximum absolute atomic E-state index is 12.5. The molecule has 0 radical (unpaired) electrons. The molecule has 0 aliphatic heterocycles. The molecule has 0 aliphatic rings. The van der Waals surface area contributed by atoms with Crippen LogP contribution in [-0.2, 0) is 11.3 Å². The van der Waals surface area contributed by atoms with Gasteiger partial charge in [0.2, 0.25) is 5.91 Å². The number of rotatable bonds is 4. The lowest BCUT2D eigenvalue weighted by Gasteiger charge is -2.06. The molecule has 1 aromatic carbocycles. The standard InChI is InChI=1S/C17H19N5O2/c1-11(2)18-16(23)10-21-17(24)22-12(3)19-14(9-15(22)20-21)13-7-5-4-6-8-13/h4-9,11H,10H2,1-3H3,(H,18,23). The van der Waals surface area contributed by atoms with E-state index in [1.54, 1.807) is 13.0 Å². The predicted octanol–water partition coefficient (Wildman–Crippen LogP) is 1.39. The predicted molar refractivity (Wildman–Crippen MR) is 90.7 cm³/mol. The highest BCUT2D eigenvalue weighted by atomic mass is 16.2. The van der Waals surface area contributed by atoms with Gasteiger partial charge < -0.3 is 5.32 Å². The molecule has 7 heteroatoms. The first kappa shape index (κ1) is 15.9. The summed E-state index contributed by atoms with van der Waals surface area (Å²) < 4.78 is 2.57. The van der Waals surface area contributed by atoms with E-state index < -0.39 is 0 Å². The van der Waals surface area contributed by atoms with Crippen LogP contribution in [0.1, 0.15) is 19.7 Å². The first-order chi connectivity index (χ1) is 11.5. The zero-order chi connectivity index (χ0) is 17.3. The molecule has 3 rings (SSSR count). The number of nitrogens with zero attached hydrogens (tertiary/aromatic N) is 4. The van der Waals surface area contributed by atoms with Crippen LogP contribution in [0.4, 0.5) is 0 Å². The number of aryl methyl sites for hydroxylation is 1. The first-order valence-electron chi connectivity index (χ1n) is 7.77. The molecule has 0 aliphatic carbocycles. The Bertz CT molecular complexity index is 941. The van der Waals surface area contributed by atoms with E-state index in [4.69, 9.17) is 0 Å². The van der Waals surface area contributed by atoms with Crippen molar-refractivity contribution in [2.75, 3.05) is 0 Å². The molecule has 0 fully saturated rings. The molecule has 0 atom stereocenters. The van der Waals surface area contributed by atoms with Crippen LogP contribution in [0.2, 0.25) is 0 Å². The smallest absolute Gasteiger partial charge is 0.352 e. The van der Waals surface area contributed by atoms with Crippen LogP contribution in [0.15, 0.2) is 41.2 Å². The fourth-order valence-electron chi connectivity index (χ4n) is 2.56. The number of carbonyl (C=O) groups excluding carboxylic acids is 1. The Labute approximate surface area is 139 Å². The molecule has 0 unspecified atom stereocenters. The minimum absolute atomic E-state index is 0.0123. The van der Waals surface area contributed by atoms with Crippen molar-refractivity contribution in [1.29, 1.82) is 0 Å². The summed E-state index contributed by atoms with van der Waals surface area (Å²) >= 11 is 0. The molecule has 1 amide bonds. The highest BCUT2D eigenvalue weighted by molar-refractivity contribution is 5.75. The van der Waals surface area contributed by atoms with E-state index in [0.29, 0.717) is 11.5 Å². The zero-order valence-electron chi connectivity index (χ0n) is 13.9. The van der Waals surface area contributed by atoms with Crippen molar-refractivity contribution in [3.8, 4) is 11.3 Å². The fourth-order valence-corrected chi connectivity index (χ4v) is 2.56. The minimum atomic E-state index is -0.367. The molecule has 0 bridgehead atoms. The Kier molecular flexibility index (Phi) is 4.16. The van der Waals surface area contributed by atoms with Crippen LogP contribution >= 0.6 is 0 Å². The molecule has 0 saturated carbocycles. The van der Waals surface area contributed by atoms with Gasteiger partial charge in [-0.25, -0.2) is 18.9 Å². The van der Waals surface area contributed by atoms with Gasteiger partial charge in [-0.05, 0) is 20.8 Å². The molecule has 0 spiro atoms. The van der Waals surface area contributed by atoms with Gasteiger partial charge in [0.05, 0.1) is 5.69 Å². The van der Waals surface area contributed by atoms with Gasteiger partial charge in [0, 0.05) is 17.7 Å². The van der Waals surface area contributed by atoms with E-state index in [1.165, 1.54) is 4.40 Å². The second-order valence-corrected chi connectivity index (χ2v) is 5.91. The third-order valence-corrected chi connectivity index (χ3v) is 3.55. The van der Waals surface area contributed by atoms with Crippen molar-refractivity contribution in [1.82, 2.24) is 24.5 Å². The Morgan fingerprint density at radius 2 is 1.96 bits per heavy atom. The molecule has 24 heavy (non-hydrogen) atoms. The van der Waals surface area contributed by atoms with Gasteiger partial charge in [0.25, 0.3) is 0 Å². The molecular weight excluding hydrogens is 306 g/mol. The molecule has 2 aromatic heterocycles. The second kappa shape index (κ2) is 6.27. The number of aromatic nitrogens is 4. The first-order valence-corrected chi connectivity index (χ1v) is 7.77. The second-order valence-electron chi connectivity index (χ2n) is 5.91. The largest absolute Gasteiger partial charge is 0.352 e. The van der Waals surface area contributed by atoms with Crippen molar-refractivity contribution in [2.45, 2.75) is 33.4 Å². The number of hydrogen-bond acceptors (Lipinski definition) is 4. The summed E-state index contributed by atoms with van der Waals surface area (Å²) in [6.45, 7) is 5.37. The number of carbonyl (C=O) groups is 1. The fraction of sp³-hybridized carbons (Fsp3) is 0.294. The Hall–Kier alpha value is -2.96. The topological polar surface area (TPSA) is 81.3 Å². The van der Waals surface area contributed by atoms with Crippen LogP contribution < -0.4 is 11.0 Å². The van der Waals surface area contributed by atoms with Gasteiger partial charge in [-0.2, -0.15) is 0 Å². The Morgan fingerprint density at radius 1 is 1.25 bits per heavy atom. The molecule has 0 saturated heterocycles. The summed E-state index contributed by atoms with van der Waals surface area (Å²) in [5, 5.41) is 7.02. The number of fused-ring (bicyclic) bond motifs is 1. The summed E-state index contributed by atoms with van der Waals surface area (Å²) in [5.41, 5.74) is 1.80. The van der Waals surface area contributed by atoms with E-state index >= 15 is 0 Å². The maximum atomic E-state index is 12.5. The maximum Gasteiger partial charge on any atom is 0.352 e. The molecule has 7 nitrogen and oxygen atoms in total.